The van der Waals surface area contributed by atoms with Crippen molar-refractivity contribution in [1.29, 1.82) is 0 Å². The topological polar surface area (TPSA) is 9.23 Å². The Labute approximate surface area is 111 Å². The van der Waals surface area contributed by atoms with Crippen molar-refractivity contribution in [2.24, 2.45) is 0 Å². The number of rotatable bonds is 6. The van der Waals surface area contributed by atoms with Gasteiger partial charge in [-0.1, -0.05) is 60.7 Å². The van der Waals surface area contributed by atoms with Gasteiger partial charge < -0.3 is 4.74 Å². The van der Waals surface area contributed by atoms with Crippen LogP contribution in [0.4, 0.5) is 8.78 Å². The Hall–Kier alpha value is -1.74. The Bertz CT molecular complexity index is 427. The molecule has 2 rings (SSSR count). The van der Waals surface area contributed by atoms with Crippen LogP contribution < -0.4 is 0 Å². The maximum absolute atomic E-state index is 13.1. The number of hydrogen-bond acceptors (Lipinski definition) is 1. The summed E-state index contributed by atoms with van der Waals surface area (Å²) in [6, 6.07) is 18.1. The quantitative estimate of drug-likeness (QED) is 0.748. The lowest BCUT2D eigenvalue weighted by Gasteiger charge is -2.21. The van der Waals surface area contributed by atoms with E-state index in [2.05, 4.69) is 0 Å². The fraction of sp³-hybridized carbons (Fsp3) is 0.250. The zero-order valence-electron chi connectivity index (χ0n) is 10.5. The summed E-state index contributed by atoms with van der Waals surface area (Å²) < 4.78 is 31.8. The molecule has 0 spiro atoms. The third kappa shape index (κ3) is 3.61. The molecular formula is C16H16F2O. The van der Waals surface area contributed by atoms with E-state index in [0.29, 0.717) is 0 Å². The number of benzene rings is 2. The van der Waals surface area contributed by atoms with Crippen molar-refractivity contribution in [2.75, 3.05) is 13.3 Å². The van der Waals surface area contributed by atoms with Crippen LogP contribution in [0.15, 0.2) is 60.7 Å². The molecule has 3 heteroatoms. The fourth-order valence-electron chi connectivity index (χ4n) is 1.94. The van der Waals surface area contributed by atoms with Crippen LogP contribution in [0.5, 0.6) is 0 Å². The second-order valence-corrected chi connectivity index (χ2v) is 4.24. The molecule has 0 aliphatic heterocycles. The van der Waals surface area contributed by atoms with Gasteiger partial charge in [-0.3, -0.25) is 0 Å². The van der Waals surface area contributed by atoms with Gasteiger partial charge in [-0.05, 0) is 11.1 Å². The molecule has 100 valence electrons. The lowest BCUT2D eigenvalue weighted by Crippen LogP contribution is -2.13. The molecule has 1 nitrogen and oxygen atoms in total. The van der Waals surface area contributed by atoms with Crippen molar-refractivity contribution in [1.82, 2.24) is 0 Å². The summed E-state index contributed by atoms with van der Waals surface area (Å²) >= 11 is 0. The predicted molar refractivity (Wildman–Crippen MR) is 71.4 cm³/mol. The molecule has 0 aliphatic rings. The predicted octanol–water partition coefficient (Wildman–Crippen LogP) is 4.42. The van der Waals surface area contributed by atoms with Crippen LogP contribution in [0, 0.1) is 0 Å². The lowest BCUT2D eigenvalue weighted by atomic mass is 10.1. The molecule has 0 amide bonds. The van der Waals surface area contributed by atoms with E-state index in [1.165, 1.54) is 0 Å². The molecule has 19 heavy (non-hydrogen) atoms. The minimum atomic E-state index is -0.734. The first-order chi connectivity index (χ1) is 9.35. The van der Waals surface area contributed by atoms with Crippen molar-refractivity contribution in [2.45, 2.75) is 12.2 Å². The SMILES string of the molecule is FCC(OC(CF)c1ccccc1)c1ccccc1. The van der Waals surface area contributed by atoms with Crippen LogP contribution in [-0.4, -0.2) is 13.3 Å². The van der Waals surface area contributed by atoms with Crippen molar-refractivity contribution < 1.29 is 13.5 Å². The summed E-state index contributed by atoms with van der Waals surface area (Å²) in [5.41, 5.74) is 1.44. The molecule has 0 fully saturated rings. The maximum Gasteiger partial charge on any atom is 0.120 e. The smallest absolute Gasteiger partial charge is 0.120 e. The number of hydrogen-bond donors (Lipinski definition) is 0. The molecule has 0 saturated carbocycles. The normalized spacial score (nSPS) is 14.0. The van der Waals surface area contributed by atoms with Gasteiger partial charge in [-0.2, -0.15) is 0 Å². The molecule has 2 atom stereocenters. The van der Waals surface area contributed by atoms with Crippen molar-refractivity contribution in [3.8, 4) is 0 Å². The van der Waals surface area contributed by atoms with Crippen molar-refractivity contribution in [3.05, 3.63) is 71.8 Å². The van der Waals surface area contributed by atoms with Crippen LogP contribution in [0.1, 0.15) is 23.3 Å². The van der Waals surface area contributed by atoms with E-state index in [1.807, 2.05) is 36.4 Å². The van der Waals surface area contributed by atoms with Gasteiger partial charge in [0.15, 0.2) is 0 Å². The van der Waals surface area contributed by atoms with E-state index in [0.717, 1.165) is 11.1 Å². The molecule has 0 heterocycles. The Morgan fingerprint density at radius 1 is 0.684 bits per heavy atom. The largest absolute Gasteiger partial charge is 0.360 e. The average Bonchev–Trinajstić information content (AvgIpc) is 2.50. The molecule has 2 aromatic carbocycles. The van der Waals surface area contributed by atoms with Gasteiger partial charge in [0, 0.05) is 0 Å². The maximum atomic E-state index is 13.1. The number of alkyl halides is 2. The summed E-state index contributed by atoms with van der Waals surface area (Å²) in [4.78, 5) is 0. The molecule has 0 radical (unpaired) electrons. The second kappa shape index (κ2) is 7.00. The molecule has 0 aromatic heterocycles. The van der Waals surface area contributed by atoms with Crippen LogP contribution in [-0.2, 0) is 4.74 Å². The van der Waals surface area contributed by atoms with E-state index in [-0.39, 0.29) is 0 Å². The summed E-state index contributed by atoms with van der Waals surface area (Å²) in [5.74, 6) is 0. The van der Waals surface area contributed by atoms with E-state index in [1.54, 1.807) is 24.3 Å². The zero-order valence-corrected chi connectivity index (χ0v) is 10.5. The van der Waals surface area contributed by atoms with Crippen LogP contribution in [0.25, 0.3) is 0 Å². The van der Waals surface area contributed by atoms with Gasteiger partial charge >= 0.3 is 0 Å². The standard InChI is InChI=1S/C16H16F2O/c17-11-15(13-7-3-1-4-8-13)19-16(12-18)14-9-5-2-6-10-14/h1-10,15-16H,11-12H2. The fourth-order valence-corrected chi connectivity index (χ4v) is 1.94. The average molecular weight is 262 g/mol. The van der Waals surface area contributed by atoms with Crippen LogP contribution >= 0.6 is 0 Å². The number of halogens is 2. The van der Waals surface area contributed by atoms with E-state index >= 15 is 0 Å². The highest BCUT2D eigenvalue weighted by Gasteiger charge is 2.19. The highest BCUT2D eigenvalue weighted by molar-refractivity contribution is 5.20. The van der Waals surface area contributed by atoms with Gasteiger partial charge in [-0.25, -0.2) is 8.78 Å². The van der Waals surface area contributed by atoms with Gasteiger partial charge in [0.2, 0.25) is 0 Å². The van der Waals surface area contributed by atoms with E-state index in [9.17, 15) is 8.78 Å². The van der Waals surface area contributed by atoms with E-state index in [4.69, 9.17) is 4.74 Å². The third-order valence-electron chi connectivity index (χ3n) is 2.95. The van der Waals surface area contributed by atoms with Gasteiger partial charge in [0.25, 0.3) is 0 Å². The van der Waals surface area contributed by atoms with Crippen LogP contribution in [0.3, 0.4) is 0 Å². The lowest BCUT2D eigenvalue weighted by molar-refractivity contribution is -0.0378. The first-order valence-corrected chi connectivity index (χ1v) is 6.22. The van der Waals surface area contributed by atoms with E-state index < -0.39 is 25.6 Å². The van der Waals surface area contributed by atoms with Gasteiger partial charge in [0.1, 0.15) is 25.6 Å². The Kier molecular flexibility index (Phi) is 5.04. The summed E-state index contributed by atoms with van der Waals surface area (Å²) in [6.45, 7) is -1.35. The molecule has 0 N–H and O–H groups in total. The Morgan fingerprint density at radius 2 is 1.05 bits per heavy atom. The summed E-state index contributed by atoms with van der Waals surface area (Å²) in [5, 5.41) is 0. The van der Waals surface area contributed by atoms with Crippen LogP contribution in [0.2, 0.25) is 0 Å². The van der Waals surface area contributed by atoms with Gasteiger partial charge in [0.05, 0.1) is 0 Å². The summed E-state index contributed by atoms with van der Waals surface area (Å²) in [6.07, 6.45) is -1.47. The highest BCUT2D eigenvalue weighted by Crippen LogP contribution is 2.27. The minimum absolute atomic E-state index is 0.673. The minimum Gasteiger partial charge on any atom is -0.360 e. The molecule has 0 aliphatic carbocycles. The molecule has 2 aromatic rings. The summed E-state index contributed by atoms with van der Waals surface area (Å²) in [7, 11) is 0. The van der Waals surface area contributed by atoms with Gasteiger partial charge in [-0.15, -0.1) is 0 Å². The van der Waals surface area contributed by atoms with Crippen molar-refractivity contribution in [3.63, 3.8) is 0 Å². The highest BCUT2D eigenvalue weighted by atomic mass is 19.1. The first kappa shape index (κ1) is 13.7. The molecule has 0 saturated heterocycles. The molecular weight excluding hydrogens is 246 g/mol. The van der Waals surface area contributed by atoms with Crippen molar-refractivity contribution >= 4 is 0 Å². The first-order valence-electron chi connectivity index (χ1n) is 6.22. The second-order valence-electron chi connectivity index (χ2n) is 4.24. The molecule has 2 unspecified atom stereocenters. The Balaban J connectivity index is 2.13. The monoisotopic (exact) mass is 262 g/mol. The Morgan fingerprint density at radius 3 is 1.37 bits per heavy atom. The zero-order chi connectivity index (χ0) is 13.5. The number of ether oxygens (including phenoxy) is 1. The molecule has 0 bridgehead atoms. The third-order valence-corrected chi connectivity index (χ3v) is 2.95.